The van der Waals surface area contributed by atoms with Crippen molar-refractivity contribution in [3.63, 3.8) is 0 Å². The molecule has 0 aromatic carbocycles. The van der Waals surface area contributed by atoms with Crippen molar-refractivity contribution < 1.29 is 1.43 Å². The highest BCUT2D eigenvalue weighted by Gasteiger charge is 2.16. The SMILES string of the molecule is Cc1ccc2ncc(-c3nc(/C=C\CCC4CCCC4)cc(NC4CCCCCC4)n3)n2c1.[HH]. The Morgan fingerprint density at radius 3 is 2.64 bits per heavy atom. The second-order valence-electron chi connectivity index (χ2n) is 10.0. The molecular formula is C28H39N5. The molecule has 5 rings (SSSR count). The van der Waals surface area contributed by atoms with E-state index in [-0.39, 0.29) is 1.43 Å². The topological polar surface area (TPSA) is 55.1 Å². The fraction of sp³-hybridized carbons (Fsp3) is 0.536. The summed E-state index contributed by atoms with van der Waals surface area (Å²) in [6.07, 6.45) is 24.3. The van der Waals surface area contributed by atoms with Crippen LogP contribution in [0.3, 0.4) is 0 Å². The van der Waals surface area contributed by atoms with Crippen LogP contribution < -0.4 is 5.32 Å². The van der Waals surface area contributed by atoms with Gasteiger partial charge in [0.1, 0.15) is 17.2 Å². The maximum atomic E-state index is 4.95. The lowest BCUT2D eigenvalue weighted by Crippen LogP contribution is -2.19. The quantitative estimate of drug-likeness (QED) is 0.383. The molecule has 5 heteroatoms. The number of nitrogens with one attached hydrogen (secondary N) is 1. The Hall–Kier alpha value is -2.69. The summed E-state index contributed by atoms with van der Waals surface area (Å²) in [5.74, 6) is 2.59. The summed E-state index contributed by atoms with van der Waals surface area (Å²) in [5, 5.41) is 3.74. The van der Waals surface area contributed by atoms with E-state index in [4.69, 9.17) is 9.97 Å². The van der Waals surface area contributed by atoms with E-state index in [1.54, 1.807) is 0 Å². The molecule has 0 unspecified atom stereocenters. The van der Waals surface area contributed by atoms with Crippen LogP contribution in [0.1, 0.15) is 89.7 Å². The van der Waals surface area contributed by atoms with E-state index < -0.39 is 0 Å². The fourth-order valence-electron chi connectivity index (χ4n) is 5.46. The molecule has 0 saturated heterocycles. The third-order valence-corrected chi connectivity index (χ3v) is 7.34. The van der Waals surface area contributed by atoms with E-state index in [9.17, 15) is 0 Å². The van der Waals surface area contributed by atoms with Crippen LogP contribution in [-0.4, -0.2) is 25.4 Å². The highest BCUT2D eigenvalue weighted by molar-refractivity contribution is 5.62. The first-order valence-corrected chi connectivity index (χ1v) is 13.0. The summed E-state index contributed by atoms with van der Waals surface area (Å²) >= 11 is 0. The number of pyridine rings is 1. The van der Waals surface area contributed by atoms with Crippen LogP contribution in [0.25, 0.3) is 23.2 Å². The van der Waals surface area contributed by atoms with Crippen molar-refractivity contribution in [2.24, 2.45) is 5.92 Å². The first kappa shape index (κ1) is 22.1. The van der Waals surface area contributed by atoms with Crippen molar-refractivity contribution in [1.29, 1.82) is 0 Å². The van der Waals surface area contributed by atoms with Gasteiger partial charge in [-0.1, -0.05) is 63.5 Å². The van der Waals surface area contributed by atoms with Gasteiger partial charge in [0, 0.05) is 19.7 Å². The Morgan fingerprint density at radius 2 is 1.82 bits per heavy atom. The molecular weight excluding hydrogens is 406 g/mol. The average molecular weight is 446 g/mol. The first-order valence-electron chi connectivity index (χ1n) is 13.0. The van der Waals surface area contributed by atoms with Crippen molar-refractivity contribution in [3.8, 4) is 11.5 Å². The number of imidazole rings is 1. The number of rotatable bonds is 7. The Morgan fingerprint density at radius 1 is 1.03 bits per heavy atom. The molecule has 0 spiro atoms. The van der Waals surface area contributed by atoms with Gasteiger partial charge in [-0.3, -0.25) is 4.40 Å². The number of aryl methyl sites for hydroxylation is 1. The van der Waals surface area contributed by atoms with Gasteiger partial charge >= 0.3 is 0 Å². The smallest absolute Gasteiger partial charge is 0.180 e. The maximum Gasteiger partial charge on any atom is 0.180 e. The van der Waals surface area contributed by atoms with Gasteiger partial charge in [0.25, 0.3) is 0 Å². The van der Waals surface area contributed by atoms with E-state index in [0.717, 1.165) is 41.0 Å². The molecule has 5 nitrogen and oxygen atoms in total. The predicted molar refractivity (Wildman–Crippen MR) is 138 cm³/mol. The number of anilines is 1. The van der Waals surface area contributed by atoms with Gasteiger partial charge < -0.3 is 5.32 Å². The van der Waals surface area contributed by atoms with Gasteiger partial charge in [-0.2, -0.15) is 0 Å². The number of fused-ring (bicyclic) bond motifs is 1. The largest absolute Gasteiger partial charge is 0.367 e. The molecule has 3 aromatic heterocycles. The molecule has 2 saturated carbocycles. The van der Waals surface area contributed by atoms with Crippen molar-refractivity contribution in [2.75, 3.05) is 5.32 Å². The normalized spacial score (nSPS) is 18.3. The molecule has 0 radical (unpaired) electrons. The molecule has 3 aromatic rings. The number of hydrogen-bond acceptors (Lipinski definition) is 4. The van der Waals surface area contributed by atoms with E-state index in [2.05, 4.69) is 58.2 Å². The molecule has 1 N–H and O–H groups in total. The van der Waals surface area contributed by atoms with Crippen LogP contribution >= 0.6 is 0 Å². The van der Waals surface area contributed by atoms with Crippen LogP contribution in [0.5, 0.6) is 0 Å². The van der Waals surface area contributed by atoms with E-state index in [1.807, 2.05) is 6.20 Å². The molecule has 0 aliphatic heterocycles. The maximum absolute atomic E-state index is 4.95. The van der Waals surface area contributed by atoms with Gasteiger partial charge in [-0.15, -0.1) is 0 Å². The Bertz CT molecular complexity index is 1090. The molecule has 176 valence electrons. The van der Waals surface area contributed by atoms with Gasteiger partial charge in [-0.05, 0) is 56.2 Å². The van der Waals surface area contributed by atoms with Gasteiger partial charge in [0.15, 0.2) is 5.82 Å². The van der Waals surface area contributed by atoms with Crippen molar-refractivity contribution in [2.45, 2.75) is 90.0 Å². The number of hydrogen-bond donors (Lipinski definition) is 1. The summed E-state index contributed by atoms with van der Waals surface area (Å²) in [6.45, 7) is 2.10. The van der Waals surface area contributed by atoms with E-state index in [0.29, 0.717) is 6.04 Å². The standard InChI is InChI=1S/C28H37N5.H2/c1-21-16-17-27-29-19-25(33(27)20-21)28-31-24(15-9-8-12-22-10-6-7-11-22)18-26(32-28)30-23-13-4-2-3-5-14-23;/h9,15-20,22-23H,2-8,10-14H2,1H3,(H,30,31,32);1H/b15-9-;. The summed E-state index contributed by atoms with van der Waals surface area (Å²) in [5.41, 5.74) is 4.04. The van der Waals surface area contributed by atoms with Crippen LogP contribution in [0.15, 0.2) is 36.7 Å². The molecule has 0 atom stereocenters. The molecule has 33 heavy (non-hydrogen) atoms. The zero-order valence-corrected chi connectivity index (χ0v) is 20.0. The Labute approximate surface area is 199 Å². The number of nitrogens with zero attached hydrogens (tertiary/aromatic N) is 4. The van der Waals surface area contributed by atoms with Crippen LogP contribution in [0.2, 0.25) is 0 Å². The Kier molecular flexibility index (Phi) is 7.03. The van der Waals surface area contributed by atoms with Crippen molar-refractivity contribution >= 4 is 17.5 Å². The molecule has 2 aliphatic rings. The third-order valence-electron chi connectivity index (χ3n) is 7.34. The second-order valence-corrected chi connectivity index (χ2v) is 10.0. The lowest BCUT2D eigenvalue weighted by atomic mass is 10.0. The highest BCUT2D eigenvalue weighted by atomic mass is 15.1. The molecule has 0 bridgehead atoms. The minimum Gasteiger partial charge on any atom is -0.367 e. The minimum absolute atomic E-state index is 0. The molecule has 3 heterocycles. The van der Waals surface area contributed by atoms with Crippen molar-refractivity contribution in [3.05, 3.63) is 47.9 Å². The van der Waals surface area contributed by atoms with Crippen LogP contribution in [-0.2, 0) is 0 Å². The highest BCUT2D eigenvalue weighted by Crippen LogP contribution is 2.29. The monoisotopic (exact) mass is 445 g/mol. The average Bonchev–Trinajstić information content (AvgIpc) is 3.41. The third kappa shape index (κ3) is 5.63. The zero-order valence-electron chi connectivity index (χ0n) is 20.0. The lowest BCUT2D eigenvalue weighted by Gasteiger charge is -2.17. The number of aromatic nitrogens is 4. The van der Waals surface area contributed by atoms with Crippen LogP contribution in [0.4, 0.5) is 5.82 Å². The van der Waals surface area contributed by atoms with Gasteiger partial charge in [0.2, 0.25) is 0 Å². The Balaban J connectivity index is 0.00000274. The number of allylic oxidation sites excluding steroid dienone is 1. The molecule has 0 amide bonds. The minimum atomic E-state index is 0. The van der Waals surface area contributed by atoms with Gasteiger partial charge in [0.05, 0.1) is 11.9 Å². The lowest BCUT2D eigenvalue weighted by molar-refractivity contribution is 0.509. The van der Waals surface area contributed by atoms with Crippen LogP contribution in [0, 0.1) is 12.8 Å². The summed E-state index contributed by atoms with van der Waals surface area (Å²) in [7, 11) is 0. The molecule has 2 fully saturated rings. The summed E-state index contributed by atoms with van der Waals surface area (Å²) in [4.78, 5) is 14.5. The first-order chi connectivity index (χ1) is 16.2. The fourth-order valence-corrected chi connectivity index (χ4v) is 5.46. The van der Waals surface area contributed by atoms with E-state index in [1.165, 1.54) is 76.2 Å². The van der Waals surface area contributed by atoms with E-state index >= 15 is 0 Å². The predicted octanol–water partition coefficient (Wildman–Crippen LogP) is 7.46. The summed E-state index contributed by atoms with van der Waals surface area (Å²) < 4.78 is 2.10. The second kappa shape index (κ2) is 10.5. The molecule has 2 aliphatic carbocycles. The van der Waals surface area contributed by atoms with Gasteiger partial charge in [-0.25, -0.2) is 15.0 Å². The van der Waals surface area contributed by atoms with Crippen molar-refractivity contribution in [1.82, 2.24) is 19.4 Å². The summed E-state index contributed by atoms with van der Waals surface area (Å²) in [6, 6.07) is 6.76. The zero-order chi connectivity index (χ0) is 22.5.